The highest BCUT2D eigenvalue weighted by Gasteiger charge is 2.22. The lowest BCUT2D eigenvalue weighted by atomic mass is 10.1. The Morgan fingerprint density at radius 1 is 0.952 bits per heavy atom. The van der Waals surface area contributed by atoms with Crippen LogP contribution in [0.15, 0.2) is 48.5 Å². The first-order valence-electron chi connectivity index (χ1n) is 7.32. The molecule has 1 atom stereocenters. The number of ether oxygens (including phenoxy) is 3. The average molecular weight is 284 g/mol. The van der Waals surface area contributed by atoms with Crippen molar-refractivity contribution in [1.29, 1.82) is 0 Å². The highest BCUT2D eigenvalue weighted by atomic mass is 16.6. The van der Waals surface area contributed by atoms with Crippen LogP contribution in [0.1, 0.15) is 13.8 Å². The summed E-state index contributed by atoms with van der Waals surface area (Å²) < 4.78 is 16.4. The minimum absolute atomic E-state index is 0.197. The normalized spacial score (nSPS) is 16.8. The minimum Gasteiger partial charge on any atom is -0.491 e. The summed E-state index contributed by atoms with van der Waals surface area (Å²) in [6, 6.07) is 16.3. The van der Waals surface area contributed by atoms with Gasteiger partial charge in [0.25, 0.3) is 0 Å². The summed E-state index contributed by atoms with van der Waals surface area (Å²) in [6.45, 7) is 5.52. The third kappa shape index (κ3) is 3.99. The smallest absolute Gasteiger partial charge is 0.119 e. The van der Waals surface area contributed by atoms with Gasteiger partial charge in [0.15, 0.2) is 0 Å². The SMILES string of the molecule is CC(C)Oc1ccc(-c2ccc(OCC3CO3)cc2)cc1. The van der Waals surface area contributed by atoms with Crippen LogP contribution in [0.2, 0.25) is 0 Å². The van der Waals surface area contributed by atoms with E-state index < -0.39 is 0 Å². The molecule has 0 spiro atoms. The molecule has 0 aliphatic carbocycles. The number of epoxide rings is 1. The molecule has 0 N–H and O–H groups in total. The zero-order valence-electron chi connectivity index (χ0n) is 12.4. The molecule has 0 saturated carbocycles. The lowest BCUT2D eigenvalue weighted by molar-refractivity contribution is 0.242. The molecular weight excluding hydrogens is 264 g/mol. The average Bonchev–Trinajstić information content (AvgIpc) is 3.30. The Labute approximate surface area is 125 Å². The molecule has 0 bridgehead atoms. The molecule has 2 aromatic rings. The van der Waals surface area contributed by atoms with Crippen molar-refractivity contribution in [3.8, 4) is 22.6 Å². The van der Waals surface area contributed by atoms with Gasteiger partial charge in [0.1, 0.15) is 24.2 Å². The predicted molar refractivity (Wildman–Crippen MR) is 82.9 cm³/mol. The first kappa shape index (κ1) is 14.0. The van der Waals surface area contributed by atoms with E-state index in [2.05, 4.69) is 24.3 Å². The molecule has 3 rings (SSSR count). The van der Waals surface area contributed by atoms with Crippen molar-refractivity contribution in [3.63, 3.8) is 0 Å². The number of rotatable bonds is 6. The summed E-state index contributed by atoms with van der Waals surface area (Å²) in [6.07, 6.45) is 0.487. The molecule has 0 aromatic heterocycles. The first-order chi connectivity index (χ1) is 10.2. The maximum Gasteiger partial charge on any atom is 0.119 e. The zero-order chi connectivity index (χ0) is 14.7. The molecule has 2 aromatic carbocycles. The molecule has 1 saturated heterocycles. The first-order valence-corrected chi connectivity index (χ1v) is 7.32. The summed E-state index contributed by atoms with van der Waals surface area (Å²) in [5, 5.41) is 0. The van der Waals surface area contributed by atoms with Gasteiger partial charge in [-0.3, -0.25) is 0 Å². The van der Waals surface area contributed by atoms with Crippen LogP contribution in [0.25, 0.3) is 11.1 Å². The van der Waals surface area contributed by atoms with Gasteiger partial charge in [-0.25, -0.2) is 0 Å². The van der Waals surface area contributed by atoms with Crippen LogP contribution in [-0.4, -0.2) is 25.4 Å². The summed E-state index contributed by atoms with van der Waals surface area (Å²) in [7, 11) is 0. The van der Waals surface area contributed by atoms with E-state index in [1.54, 1.807) is 0 Å². The van der Waals surface area contributed by atoms with Gasteiger partial charge in [-0.2, -0.15) is 0 Å². The molecule has 21 heavy (non-hydrogen) atoms. The fourth-order valence-electron chi connectivity index (χ4n) is 2.10. The lowest BCUT2D eigenvalue weighted by Crippen LogP contribution is -2.05. The largest absolute Gasteiger partial charge is 0.491 e. The van der Waals surface area contributed by atoms with E-state index in [0.717, 1.165) is 18.1 Å². The van der Waals surface area contributed by atoms with Crippen molar-refractivity contribution < 1.29 is 14.2 Å². The fourth-order valence-corrected chi connectivity index (χ4v) is 2.10. The van der Waals surface area contributed by atoms with Crippen molar-refractivity contribution in [2.75, 3.05) is 13.2 Å². The number of hydrogen-bond acceptors (Lipinski definition) is 3. The van der Waals surface area contributed by atoms with Gasteiger partial charge in [-0.05, 0) is 49.2 Å². The second-order valence-corrected chi connectivity index (χ2v) is 5.48. The van der Waals surface area contributed by atoms with E-state index in [1.807, 2.05) is 38.1 Å². The van der Waals surface area contributed by atoms with Gasteiger partial charge in [0, 0.05) is 0 Å². The number of hydrogen-bond donors (Lipinski definition) is 0. The van der Waals surface area contributed by atoms with Gasteiger partial charge in [0.05, 0.1) is 12.7 Å². The molecule has 1 unspecified atom stereocenters. The summed E-state index contributed by atoms with van der Waals surface area (Å²) >= 11 is 0. The van der Waals surface area contributed by atoms with Crippen LogP contribution in [0.5, 0.6) is 11.5 Å². The molecule has 110 valence electrons. The van der Waals surface area contributed by atoms with E-state index in [4.69, 9.17) is 14.2 Å². The van der Waals surface area contributed by atoms with Crippen molar-refractivity contribution in [2.24, 2.45) is 0 Å². The molecular formula is C18H20O3. The van der Waals surface area contributed by atoms with Crippen LogP contribution in [0.4, 0.5) is 0 Å². The third-order valence-corrected chi connectivity index (χ3v) is 3.25. The van der Waals surface area contributed by atoms with E-state index in [9.17, 15) is 0 Å². The predicted octanol–water partition coefficient (Wildman–Crippen LogP) is 3.92. The van der Waals surface area contributed by atoms with Crippen LogP contribution in [0.3, 0.4) is 0 Å². The summed E-state index contributed by atoms with van der Waals surface area (Å²) in [5.41, 5.74) is 2.34. The molecule has 1 heterocycles. The quantitative estimate of drug-likeness (QED) is 0.753. The van der Waals surface area contributed by atoms with Crippen molar-refractivity contribution >= 4 is 0 Å². The van der Waals surface area contributed by atoms with Crippen molar-refractivity contribution in [1.82, 2.24) is 0 Å². The van der Waals surface area contributed by atoms with E-state index >= 15 is 0 Å². The molecule has 3 nitrogen and oxygen atoms in total. The second kappa shape index (κ2) is 6.19. The van der Waals surface area contributed by atoms with Gasteiger partial charge in [0.2, 0.25) is 0 Å². The van der Waals surface area contributed by atoms with E-state index in [0.29, 0.717) is 6.61 Å². The Morgan fingerprint density at radius 3 is 1.95 bits per heavy atom. The van der Waals surface area contributed by atoms with Crippen molar-refractivity contribution in [2.45, 2.75) is 26.1 Å². The molecule has 1 aliphatic heterocycles. The van der Waals surface area contributed by atoms with Gasteiger partial charge >= 0.3 is 0 Å². The highest BCUT2D eigenvalue weighted by Crippen LogP contribution is 2.25. The van der Waals surface area contributed by atoms with Crippen LogP contribution >= 0.6 is 0 Å². The minimum atomic E-state index is 0.197. The molecule has 1 aliphatic rings. The maximum atomic E-state index is 5.65. The van der Waals surface area contributed by atoms with Crippen LogP contribution < -0.4 is 9.47 Å². The molecule has 3 heteroatoms. The Kier molecular flexibility index (Phi) is 4.11. The summed E-state index contributed by atoms with van der Waals surface area (Å²) in [4.78, 5) is 0. The fraction of sp³-hybridized carbons (Fsp3) is 0.333. The highest BCUT2D eigenvalue weighted by molar-refractivity contribution is 5.64. The second-order valence-electron chi connectivity index (χ2n) is 5.48. The van der Waals surface area contributed by atoms with E-state index in [1.165, 1.54) is 11.1 Å². The summed E-state index contributed by atoms with van der Waals surface area (Å²) in [5.74, 6) is 1.78. The molecule has 0 radical (unpaired) electrons. The van der Waals surface area contributed by atoms with Crippen LogP contribution in [0, 0.1) is 0 Å². The Morgan fingerprint density at radius 2 is 1.48 bits per heavy atom. The van der Waals surface area contributed by atoms with Crippen LogP contribution in [-0.2, 0) is 4.74 Å². The molecule has 0 amide bonds. The topological polar surface area (TPSA) is 31.0 Å². The van der Waals surface area contributed by atoms with Gasteiger partial charge < -0.3 is 14.2 Å². The zero-order valence-corrected chi connectivity index (χ0v) is 12.4. The Balaban J connectivity index is 1.64. The lowest BCUT2D eigenvalue weighted by Gasteiger charge is -2.10. The molecule has 1 fully saturated rings. The Bertz CT molecular complexity index is 568. The number of benzene rings is 2. The monoisotopic (exact) mass is 284 g/mol. The van der Waals surface area contributed by atoms with Crippen molar-refractivity contribution in [3.05, 3.63) is 48.5 Å². The van der Waals surface area contributed by atoms with Gasteiger partial charge in [-0.1, -0.05) is 24.3 Å². The van der Waals surface area contributed by atoms with E-state index in [-0.39, 0.29) is 12.2 Å². The van der Waals surface area contributed by atoms with Gasteiger partial charge in [-0.15, -0.1) is 0 Å². The standard InChI is InChI=1S/C18H20O3/c1-13(2)21-17-9-5-15(6-10-17)14-3-7-16(8-4-14)19-11-18-12-20-18/h3-10,13,18H,11-12H2,1-2H3. The maximum absolute atomic E-state index is 5.65. The third-order valence-electron chi connectivity index (χ3n) is 3.25. The Hall–Kier alpha value is -2.00.